The molecule has 0 aromatic heterocycles. The molecule has 4 atom stereocenters. The van der Waals surface area contributed by atoms with E-state index in [1.54, 1.807) is 0 Å². The smallest absolute Gasteiger partial charge is 0.224 e. The van der Waals surface area contributed by atoms with Gasteiger partial charge in [0.05, 0.1) is 5.92 Å². The first-order valence-corrected chi connectivity index (χ1v) is 8.33. The molecule has 116 valence electrons. The minimum absolute atomic E-state index is 0.0227. The molecule has 1 amide bonds. The topological polar surface area (TPSA) is 69.2 Å². The van der Waals surface area contributed by atoms with Crippen molar-refractivity contribution in [3.63, 3.8) is 0 Å². The van der Waals surface area contributed by atoms with Crippen molar-refractivity contribution in [2.24, 2.45) is 29.6 Å². The summed E-state index contributed by atoms with van der Waals surface area (Å²) in [5.74, 6) is -1.58. The number of carbonyl (C=O) groups excluding carboxylic acids is 2. The summed E-state index contributed by atoms with van der Waals surface area (Å²) in [5.41, 5.74) is 0. The van der Waals surface area contributed by atoms with Gasteiger partial charge in [0.15, 0.2) is 0 Å². The number of carbonyl (C=O) groups is 2. The second kappa shape index (κ2) is 6.20. The van der Waals surface area contributed by atoms with Crippen LogP contribution in [-0.2, 0) is 9.59 Å². The predicted molar refractivity (Wildman–Crippen MR) is 76.9 cm³/mol. The first kappa shape index (κ1) is 14.6. The second-order valence-corrected chi connectivity index (χ2v) is 6.91. The molecule has 2 fully saturated rings. The standard InChI is InChI=1S/C17H25NO3/c19-16(18-10-11-4-2-1-3-5-11)14-12-6-8-13(9-7-12)15(14)17(20)21/h6,8,11-15H,1-5,7,9-10H2,(H,18,19)(H,20,21)/p-1/t12-,13+,14+,15+/m1/s1. The number of carboxylic acids is 1. The number of carboxylic acid groups (broad SMARTS) is 1. The van der Waals surface area contributed by atoms with E-state index in [2.05, 4.69) is 5.32 Å². The van der Waals surface area contributed by atoms with Crippen molar-refractivity contribution in [1.29, 1.82) is 0 Å². The van der Waals surface area contributed by atoms with E-state index in [1.807, 2.05) is 12.2 Å². The van der Waals surface area contributed by atoms with Crippen LogP contribution in [0, 0.1) is 29.6 Å². The maximum absolute atomic E-state index is 12.5. The fraction of sp³-hybridized carbons (Fsp3) is 0.765. The zero-order chi connectivity index (χ0) is 14.8. The number of hydrogen-bond acceptors (Lipinski definition) is 3. The van der Waals surface area contributed by atoms with E-state index >= 15 is 0 Å². The van der Waals surface area contributed by atoms with E-state index < -0.39 is 17.8 Å². The highest BCUT2D eigenvalue weighted by molar-refractivity contribution is 5.85. The highest BCUT2D eigenvalue weighted by Crippen LogP contribution is 2.44. The molecule has 21 heavy (non-hydrogen) atoms. The summed E-state index contributed by atoms with van der Waals surface area (Å²) in [4.78, 5) is 23.9. The molecule has 0 aliphatic heterocycles. The Morgan fingerprint density at radius 1 is 0.952 bits per heavy atom. The van der Waals surface area contributed by atoms with Crippen molar-refractivity contribution in [1.82, 2.24) is 5.32 Å². The SMILES string of the molecule is O=C(NCC1CCCCC1)[C@@H]1[C@@H](C(=O)[O-])[C@H]2C=C[C@@H]1CC2. The lowest BCUT2D eigenvalue weighted by Crippen LogP contribution is -2.53. The van der Waals surface area contributed by atoms with Crippen molar-refractivity contribution < 1.29 is 14.7 Å². The van der Waals surface area contributed by atoms with Gasteiger partial charge in [0.25, 0.3) is 0 Å². The highest BCUT2D eigenvalue weighted by Gasteiger charge is 2.45. The Labute approximate surface area is 126 Å². The predicted octanol–water partition coefficient (Wildman–Crippen LogP) is 1.26. The molecular formula is C17H24NO3-. The molecule has 0 aromatic rings. The van der Waals surface area contributed by atoms with Crippen LogP contribution in [0.5, 0.6) is 0 Å². The maximum atomic E-state index is 12.5. The van der Waals surface area contributed by atoms with Crippen molar-refractivity contribution >= 4 is 11.9 Å². The Balaban J connectivity index is 1.62. The summed E-state index contributed by atoms with van der Waals surface area (Å²) in [7, 11) is 0. The molecule has 4 aliphatic carbocycles. The molecule has 1 N–H and O–H groups in total. The van der Waals surface area contributed by atoms with Gasteiger partial charge in [0.1, 0.15) is 0 Å². The summed E-state index contributed by atoms with van der Waals surface area (Å²) < 4.78 is 0. The van der Waals surface area contributed by atoms with Crippen LogP contribution in [-0.4, -0.2) is 18.4 Å². The van der Waals surface area contributed by atoms with E-state index in [9.17, 15) is 14.7 Å². The van der Waals surface area contributed by atoms with Gasteiger partial charge in [-0.3, -0.25) is 4.79 Å². The van der Waals surface area contributed by atoms with Crippen molar-refractivity contribution in [3.8, 4) is 0 Å². The van der Waals surface area contributed by atoms with Gasteiger partial charge >= 0.3 is 0 Å². The highest BCUT2D eigenvalue weighted by atomic mass is 16.4. The third kappa shape index (κ3) is 2.99. The van der Waals surface area contributed by atoms with E-state index in [0.29, 0.717) is 12.5 Å². The van der Waals surface area contributed by atoms with Crippen LogP contribution in [0.4, 0.5) is 0 Å². The first-order chi connectivity index (χ1) is 10.2. The van der Waals surface area contributed by atoms with Gasteiger partial charge in [0, 0.05) is 18.4 Å². The Hall–Kier alpha value is -1.32. The van der Waals surface area contributed by atoms with Crippen LogP contribution in [0.25, 0.3) is 0 Å². The molecule has 4 rings (SSSR count). The molecule has 0 spiro atoms. The maximum Gasteiger partial charge on any atom is 0.224 e. The Bertz CT molecular complexity index is 439. The largest absolute Gasteiger partial charge is 0.550 e. The number of hydrogen-bond donors (Lipinski definition) is 1. The number of fused-ring (bicyclic) bond motifs is 2. The lowest BCUT2D eigenvalue weighted by molar-refractivity contribution is -0.316. The molecule has 0 unspecified atom stereocenters. The zero-order valence-electron chi connectivity index (χ0n) is 12.4. The molecule has 4 heteroatoms. The molecule has 0 aromatic carbocycles. The minimum Gasteiger partial charge on any atom is -0.550 e. The molecule has 4 aliphatic rings. The lowest BCUT2D eigenvalue weighted by atomic mass is 9.62. The van der Waals surface area contributed by atoms with Crippen LogP contribution in [0.1, 0.15) is 44.9 Å². The summed E-state index contributed by atoms with van der Waals surface area (Å²) in [6.07, 6.45) is 12.0. The van der Waals surface area contributed by atoms with Crippen LogP contribution >= 0.6 is 0 Å². The lowest BCUT2D eigenvalue weighted by Gasteiger charge is -2.44. The van der Waals surface area contributed by atoms with Crippen molar-refractivity contribution in [3.05, 3.63) is 12.2 Å². The third-order valence-corrected chi connectivity index (χ3v) is 5.61. The molecule has 2 bridgehead atoms. The average molecular weight is 290 g/mol. The van der Waals surface area contributed by atoms with Crippen molar-refractivity contribution in [2.75, 3.05) is 6.54 Å². The van der Waals surface area contributed by atoms with Gasteiger partial charge in [-0.05, 0) is 43.4 Å². The molecule has 4 nitrogen and oxygen atoms in total. The number of nitrogens with one attached hydrogen (secondary N) is 1. The van der Waals surface area contributed by atoms with Crippen LogP contribution in [0.15, 0.2) is 12.2 Å². The van der Waals surface area contributed by atoms with Crippen LogP contribution < -0.4 is 10.4 Å². The van der Waals surface area contributed by atoms with Gasteiger partial charge in [-0.1, -0.05) is 31.4 Å². The second-order valence-electron chi connectivity index (χ2n) is 6.91. The number of aliphatic carboxylic acids is 1. The van der Waals surface area contributed by atoms with E-state index in [-0.39, 0.29) is 17.7 Å². The Morgan fingerprint density at radius 2 is 1.57 bits per heavy atom. The number of rotatable bonds is 4. The van der Waals surface area contributed by atoms with Crippen LogP contribution in [0.2, 0.25) is 0 Å². The van der Waals surface area contributed by atoms with Gasteiger partial charge in [-0.25, -0.2) is 0 Å². The van der Waals surface area contributed by atoms with Gasteiger partial charge in [0.2, 0.25) is 5.91 Å². The summed E-state index contributed by atoms with van der Waals surface area (Å²) in [6, 6.07) is 0. The first-order valence-electron chi connectivity index (χ1n) is 8.33. The molecule has 0 heterocycles. The minimum atomic E-state index is -1.06. The average Bonchev–Trinajstić information content (AvgIpc) is 2.53. The van der Waals surface area contributed by atoms with E-state index in [1.165, 1.54) is 32.1 Å². The molecule has 0 saturated heterocycles. The van der Waals surface area contributed by atoms with E-state index in [4.69, 9.17) is 0 Å². The van der Waals surface area contributed by atoms with Gasteiger partial charge in [-0.15, -0.1) is 0 Å². The Morgan fingerprint density at radius 3 is 2.14 bits per heavy atom. The summed E-state index contributed by atoms with van der Waals surface area (Å²) in [6.45, 7) is 0.705. The zero-order valence-corrected chi connectivity index (χ0v) is 12.4. The third-order valence-electron chi connectivity index (χ3n) is 5.61. The molecule has 0 radical (unpaired) electrons. The molecule has 2 saturated carbocycles. The number of amides is 1. The number of allylic oxidation sites excluding steroid dienone is 2. The fourth-order valence-electron chi connectivity index (χ4n) is 4.43. The van der Waals surface area contributed by atoms with Crippen LogP contribution in [0.3, 0.4) is 0 Å². The van der Waals surface area contributed by atoms with E-state index in [0.717, 1.165) is 12.8 Å². The fourth-order valence-corrected chi connectivity index (χ4v) is 4.43. The van der Waals surface area contributed by atoms with Gasteiger partial charge < -0.3 is 15.2 Å². The summed E-state index contributed by atoms with van der Waals surface area (Å²) >= 11 is 0. The van der Waals surface area contributed by atoms with Gasteiger partial charge in [-0.2, -0.15) is 0 Å². The molecular weight excluding hydrogens is 266 g/mol. The Kier molecular flexibility index (Phi) is 4.32. The normalized spacial score (nSPS) is 35.6. The quantitative estimate of drug-likeness (QED) is 0.793. The van der Waals surface area contributed by atoms with Crippen molar-refractivity contribution in [2.45, 2.75) is 44.9 Å². The monoisotopic (exact) mass is 290 g/mol. The summed E-state index contributed by atoms with van der Waals surface area (Å²) in [5, 5.41) is 14.5.